The van der Waals surface area contributed by atoms with Crippen LogP contribution < -0.4 is 5.32 Å². The standard InChI is InChI=1S/C17H25N3O3S/c21-17(16-3-1-2-8-18-16)19-15-4-9-20(10-5-15)13-14-6-11-24(22,23)12-7-14/h1-3,8,14-15H,4-7,9-13H2,(H,19,21). The molecule has 2 aliphatic rings. The van der Waals surface area contributed by atoms with Crippen molar-refractivity contribution in [2.45, 2.75) is 31.7 Å². The zero-order valence-electron chi connectivity index (χ0n) is 13.9. The Labute approximate surface area is 143 Å². The van der Waals surface area contributed by atoms with Gasteiger partial charge in [-0.1, -0.05) is 6.07 Å². The second-order valence-electron chi connectivity index (χ2n) is 6.86. The zero-order chi connectivity index (χ0) is 17.0. The number of rotatable bonds is 4. The molecule has 0 spiro atoms. The number of amides is 1. The number of sulfone groups is 1. The van der Waals surface area contributed by atoms with Crippen LogP contribution in [0.3, 0.4) is 0 Å². The molecule has 1 amide bonds. The first-order valence-corrected chi connectivity index (χ1v) is 10.5. The highest BCUT2D eigenvalue weighted by atomic mass is 32.2. The predicted octanol–water partition coefficient (Wildman–Crippen LogP) is 1.10. The third kappa shape index (κ3) is 4.77. The monoisotopic (exact) mass is 351 g/mol. The maximum atomic E-state index is 12.1. The first-order chi connectivity index (χ1) is 11.5. The van der Waals surface area contributed by atoms with Gasteiger partial charge in [0.1, 0.15) is 15.5 Å². The number of hydrogen-bond acceptors (Lipinski definition) is 5. The lowest BCUT2D eigenvalue weighted by molar-refractivity contribution is 0.0899. The van der Waals surface area contributed by atoms with E-state index in [1.165, 1.54) is 0 Å². The molecule has 2 fully saturated rings. The molecule has 0 saturated carbocycles. The normalized spacial score (nSPS) is 23.0. The molecule has 3 rings (SSSR count). The van der Waals surface area contributed by atoms with Gasteiger partial charge in [0.15, 0.2) is 0 Å². The van der Waals surface area contributed by atoms with Crippen LogP contribution in [0.4, 0.5) is 0 Å². The molecular formula is C17H25N3O3S. The van der Waals surface area contributed by atoms with Crippen molar-refractivity contribution in [3.05, 3.63) is 30.1 Å². The summed E-state index contributed by atoms with van der Waals surface area (Å²) in [6.45, 7) is 2.89. The van der Waals surface area contributed by atoms with Crippen molar-refractivity contribution in [1.82, 2.24) is 15.2 Å². The van der Waals surface area contributed by atoms with Crippen molar-refractivity contribution in [1.29, 1.82) is 0 Å². The van der Waals surface area contributed by atoms with Crippen LogP contribution in [-0.2, 0) is 9.84 Å². The molecule has 0 aliphatic carbocycles. The van der Waals surface area contributed by atoms with E-state index in [-0.39, 0.29) is 11.9 Å². The van der Waals surface area contributed by atoms with Crippen LogP contribution >= 0.6 is 0 Å². The summed E-state index contributed by atoms with van der Waals surface area (Å²) in [5.74, 6) is 1.07. The molecule has 2 aliphatic heterocycles. The van der Waals surface area contributed by atoms with Crippen LogP contribution in [0.15, 0.2) is 24.4 Å². The third-order valence-corrected chi connectivity index (χ3v) is 6.73. The fourth-order valence-electron chi connectivity index (χ4n) is 3.50. The summed E-state index contributed by atoms with van der Waals surface area (Å²) in [6, 6.07) is 5.53. The van der Waals surface area contributed by atoms with Gasteiger partial charge in [-0.15, -0.1) is 0 Å². The molecule has 7 heteroatoms. The second kappa shape index (κ2) is 7.61. The topological polar surface area (TPSA) is 79.4 Å². The summed E-state index contributed by atoms with van der Waals surface area (Å²) in [7, 11) is -2.78. The summed E-state index contributed by atoms with van der Waals surface area (Å²) < 4.78 is 23.0. The lowest BCUT2D eigenvalue weighted by Gasteiger charge is -2.35. The van der Waals surface area contributed by atoms with Crippen LogP contribution in [0.25, 0.3) is 0 Å². The van der Waals surface area contributed by atoms with Crippen LogP contribution in [0, 0.1) is 5.92 Å². The van der Waals surface area contributed by atoms with E-state index in [1.54, 1.807) is 18.3 Å². The molecule has 0 atom stereocenters. The number of hydrogen-bond donors (Lipinski definition) is 1. The maximum Gasteiger partial charge on any atom is 0.270 e. The molecule has 132 valence electrons. The van der Waals surface area contributed by atoms with Gasteiger partial charge in [0, 0.05) is 31.9 Å². The zero-order valence-corrected chi connectivity index (χ0v) is 14.7. The van der Waals surface area contributed by atoms with Gasteiger partial charge >= 0.3 is 0 Å². The third-order valence-electron chi connectivity index (χ3n) is 5.01. The number of nitrogens with zero attached hydrogens (tertiary/aromatic N) is 2. The Kier molecular flexibility index (Phi) is 5.50. The SMILES string of the molecule is O=C(NC1CCN(CC2CCS(=O)(=O)CC2)CC1)c1ccccn1. The average molecular weight is 351 g/mol. The Hall–Kier alpha value is -1.47. The van der Waals surface area contributed by atoms with Crippen LogP contribution in [0.1, 0.15) is 36.2 Å². The highest BCUT2D eigenvalue weighted by Gasteiger charge is 2.27. The molecule has 0 radical (unpaired) electrons. The van der Waals surface area contributed by atoms with Crippen molar-refractivity contribution in [3.63, 3.8) is 0 Å². The van der Waals surface area contributed by atoms with E-state index >= 15 is 0 Å². The quantitative estimate of drug-likeness (QED) is 0.879. The number of carbonyl (C=O) groups excluding carboxylic acids is 1. The van der Waals surface area contributed by atoms with Gasteiger partial charge in [0.2, 0.25) is 0 Å². The number of piperidine rings is 1. The highest BCUT2D eigenvalue weighted by Crippen LogP contribution is 2.21. The largest absolute Gasteiger partial charge is 0.348 e. The number of pyridine rings is 1. The minimum absolute atomic E-state index is 0.105. The first-order valence-electron chi connectivity index (χ1n) is 8.66. The molecule has 0 aromatic carbocycles. The van der Waals surface area contributed by atoms with Crippen LogP contribution in [0.5, 0.6) is 0 Å². The Morgan fingerprint density at radius 2 is 1.88 bits per heavy atom. The van der Waals surface area contributed by atoms with Crippen LogP contribution in [0.2, 0.25) is 0 Å². The number of nitrogens with one attached hydrogen (secondary N) is 1. The van der Waals surface area contributed by atoms with E-state index in [1.807, 2.05) is 6.07 Å². The van der Waals surface area contributed by atoms with Gasteiger partial charge in [-0.3, -0.25) is 9.78 Å². The Morgan fingerprint density at radius 1 is 1.17 bits per heavy atom. The molecule has 1 N–H and O–H groups in total. The van der Waals surface area contributed by atoms with Crippen molar-refractivity contribution in [2.75, 3.05) is 31.1 Å². The minimum atomic E-state index is -2.78. The molecule has 0 bridgehead atoms. The summed E-state index contributed by atoms with van der Waals surface area (Å²) >= 11 is 0. The summed E-state index contributed by atoms with van der Waals surface area (Å²) in [4.78, 5) is 18.6. The van der Waals surface area contributed by atoms with E-state index < -0.39 is 9.84 Å². The van der Waals surface area contributed by atoms with Gasteiger partial charge in [-0.05, 0) is 43.7 Å². The fourth-order valence-corrected chi connectivity index (χ4v) is 5.09. The molecule has 1 aromatic rings. The van der Waals surface area contributed by atoms with E-state index in [9.17, 15) is 13.2 Å². The molecule has 1 aromatic heterocycles. The van der Waals surface area contributed by atoms with Gasteiger partial charge in [-0.25, -0.2) is 8.42 Å². The molecule has 0 unspecified atom stereocenters. The smallest absolute Gasteiger partial charge is 0.270 e. The number of likely N-dealkylation sites (tertiary alicyclic amines) is 1. The van der Waals surface area contributed by atoms with Crippen molar-refractivity contribution >= 4 is 15.7 Å². The molecule has 6 nitrogen and oxygen atoms in total. The summed E-state index contributed by atoms with van der Waals surface area (Å²) in [6.07, 6.45) is 5.08. The van der Waals surface area contributed by atoms with Crippen LogP contribution in [-0.4, -0.2) is 61.4 Å². The summed E-state index contributed by atoms with van der Waals surface area (Å²) in [5.41, 5.74) is 0.461. The first kappa shape index (κ1) is 17.4. The summed E-state index contributed by atoms with van der Waals surface area (Å²) in [5, 5.41) is 3.06. The van der Waals surface area contributed by atoms with Gasteiger partial charge in [0.25, 0.3) is 5.91 Å². The van der Waals surface area contributed by atoms with E-state index in [4.69, 9.17) is 0 Å². The molecular weight excluding hydrogens is 326 g/mol. The number of aromatic nitrogens is 1. The average Bonchev–Trinajstić information content (AvgIpc) is 2.59. The molecule has 3 heterocycles. The minimum Gasteiger partial charge on any atom is -0.348 e. The maximum absolute atomic E-state index is 12.1. The van der Waals surface area contributed by atoms with Gasteiger partial charge < -0.3 is 10.2 Å². The molecule has 2 saturated heterocycles. The van der Waals surface area contributed by atoms with E-state index in [0.717, 1.165) is 45.3 Å². The molecule has 24 heavy (non-hydrogen) atoms. The highest BCUT2D eigenvalue weighted by molar-refractivity contribution is 7.91. The van der Waals surface area contributed by atoms with Crippen molar-refractivity contribution in [3.8, 4) is 0 Å². The van der Waals surface area contributed by atoms with E-state index in [2.05, 4.69) is 15.2 Å². The Balaban J connectivity index is 1.41. The van der Waals surface area contributed by atoms with E-state index in [0.29, 0.717) is 23.1 Å². The predicted molar refractivity (Wildman–Crippen MR) is 92.5 cm³/mol. The van der Waals surface area contributed by atoms with Gasteiger partial charge in [-0.2, -0.15) is 0 Å². The van der Waals surface area contributed by atoms with Crippen molar-refractivity contribution in [2.24, 2.45) is 5.92 Å². The lowest BCUT2D eigenvalue weighted by Crippen LogP contribution is -2.46. The van der Waals surface area contributed by atoms with Gasteiger partial charge in [0.05, 0.1) is 11.5 Å². The number of carbonyl (C=O) groups is 1. The second-order valence-corrected chi connectivity index (χ2v) is 9.16. The van der Waals surface area contributed by atoms with Crippen molar-refractivity contribution < 1.29 is 13.2 Å². The fraction of sp³-hybridized carbons (Fsp3) is 0.647. The Bertz CT molecular complexity index is 641. The Morgan fingerprint density at radius 3 is 2.50 bits per heavy atom. The lowest BCUT2D eigenvalue weighted by atomic mass is 9.99.